The number of ketones is 2. The van der Waals surface area contributed by atoms with Crippen molar-refractivity contribution in [3.05, 3.63) is 143 Å². The smallest absolute Gasteiger partial charge is 0.168 e. The molecule has 4 atom stereocenters. The van der Waals surface area contributed by atoms with Gasteiger partial charge in [-0.25, -0.2) is 0 Å². The van der Waals surface area contributed by atoms with Crippen LogP contribution in [0.5, 0.6) is 0 Å². The van der Waals surface area contributed by atoms with Crippen molar-refractivity contribution in [2.24, 2.45) is 11.8 Å². The second kappa shape index (κ2) is 5.92. The summed E-state index contributed by atoms with van der Waals surface area (Å²) in [6.07, 6.45) is 0. The Morgan fingerprint density at radius 2 is 0.781 bits per heavy atom. The number of rotatable bonds is 2. The standard InChI is InChI=1S/C30H20O2/c31-27-21-15-7-9-17-23(21)29(19-11-3-1-4-12-19)25(27)26-28(32)22-16-8-10-18-24(22)30(26,29)20-13-5-2-6-14-20/h1-18,25-26H/t25-,26+,29+,30-. The van der Waals surface area contributed by atoms with Crippen LogP contribution < -0.4 is 0 Å². The van der Waals surface area contributed by atoms with E-state index in [1.807, 2.05) is 72.8 Å². The second-order valence-corrected chi connectivity index (χ2v) is 9.12. The molecule has 4 aromatic carbocycles. The van der Waals surface area contributed by atoms with Crippen LogP contribution in [0, 0.1) is 11.8 Å². The highest BCUT2D eigenvalue weighted by atomic mass is 16.1. The van der Waals surface area contributed by atoms with E-state index >= 15 is 0 Å². The van der Waals surface area contributed by atoms with Gasteiger partial charge in [0.1, 0.15) is 0 Å². The van der Waals surface area contributed by atoms with E-state index < -0.39 is 22.7 Å². The van der Waals surface area contributed by atoms with E-state index in [9.17, 15) is 9.59 Å². The molecule has 2 heteroatoms. The molecule has 0 saturated heterocycles. The van der Waals surface area contributed by atoms with Crippen LogP contribution in [0.4, 0.5) is 0 Å². The molecule has 0 bridgehead atoms. The summed E-state index contributed by atoms with van der Waals surface area (Å²) in [6, 6.07) is 36.7. The van der Waals surface area contributed by atoms with Gasteiger partial charge in [0, 0.05) is 33.8 Å². The Bertz CT molecular complexity index is 1310. The highest BCUT2D eigenvalue weighted by molar-refractivity contribution is 6.17. The third-order valence-corrected chi connectivity index (χ3v) is 8.15. The Balaban J connectivity index is 1.70. The molecule has 1 fully saturated rings. The maximum absolute atomic E-state index is 13.9. The van der Waals surface area contributed by atoms with Crippen LogP contribution in [0.25, 0.3) is 0 Å². The van der Waals surface area contributed by atoms with Gasteiger partial charge >= 0.3 is 0 Å². The van der Waals surface area contributed by atoms with Gasteiger partial charge in [-0.15, -0.1) is 0 Å². The van der Waals surface area contributed by atoms with Gasteiger partial charge in [-0.05, 0) is 22.3 Å². The zero-order valence-corrected chi connectivity index (χ0v) is 17.4. The fourth-order valence-corrected chi connectivity index (χ4v) is 7.30. The van der Waals surface area contributed by atoms with Crippen molar-refractivity contribution in [2.75, 3.05) is 0 Å². The molecule has 152 valence electrons. The summed E-state index contributed by atoms with van der Waals surface area (Å²) in [5.74, 6) is -0.603. The predicted octanol–water partition coefficient (Wildman–Crippen LogP) is 5.60. The first-order valence-corrected chi connectivity index (χ1v) is 11.1. The number of Topliss-reactive ketones (excluding diaryl/α,β-unsaturated/α-hetero) is 2. The van der Waals surface area contributed by atoms with E-state index in [1.54, 1.807) is 0 Å². The Morgan fingerprint density at radius 1 is 0.438 bits per heavy atom. The quantitative estimate of drug-likeness (QED) is 0.430. The molecule has 0 N–H and O–H groups in total. The normalized spacial score (nSPS) is 29.0. The van der Waals surface area contributed by atoms with Gasteiger partial charge in [0.25, 0.3) is 0 Å². The molecule has 0 radical (unpaired) electrons. The van der Waals surface area contributed by atoms with Crippen LogP contribution in [0.1, 0.15) is 43.0 Å². The van der Waals surface area contributed by atoms with E-state index in [2.05, 4.69) is 36.4 Å². The van der Waals surface area contributed by atoms with E-state index in [0.717, 1.165) is 33.4 Å². The first kappa shape index (κ1) is 17.9. The maximum atomic E-state index is 13.9. The number of hydrogen-bond donors (Lipinski definition) is 0. The highest BCUT2D eigenvalue weighted by Crippen LogP contribution is 2.77. The van der Waals surface area contributed by atoms with E-state index in [0.29, 0.717) is 0 Å². The SMILES string of the molecule is O=C1c2ccccc2[C@]2(c3ccccc3)[C@H]1[C@@H]1C(=O)c3ccccc3[C@@]12c1ccccc1. The molecule has 1 saturated carbocycles. The molecule has 4 aromatic rings. The largest absolute Gasteiger partial charge is 0.294 e. The summed E-state index contributed by atoms with van der Waals surface area (Å²) in [4.78, 5) is 27.8. The van der Waals surface area contributed by atoms with Crippen molar-refractivity contribution in [3.8, 4) is 0 Å². The molecule has 7 rings (SSSR count). The van der Waals surface area contributed by atoms with Crippen LogP contribution in [0.2, 0.25) is 0 Å². The lowest BCUT2D eigenvalue weighted by Gasteiger charge is -2.64. The summed E-state index contributed by atoms with van der Waals surface area (Å²) >= 11 is 0. The van der Waals surface area contributed by atoms with Crippen LogP contribution in [-0.2, 0) is 10.8 Å². The Morgan fingerprint density at radius 3 is 1.19 bits per heavy atom. The van der Waals surface area contributed by atoms with Crippen LogP contribution in [0.3, 0.4) is 0 Å². The zero-order chi connectivity index (χ0) is 21.5. The molecular weight excluding hydrogens is 392 g/mol. The number of carbonyl (C=O) groups is 2. The second-order valence-electron chi connectivity index (χ2n) is 9.12. The summed E-state index contributed by atoms with van der Waals surface area (Å²) in [7, 11) is 0. The van der Waals surface area contributed by atoms with E-state index in [-0.39, 0.29) is 11.6 Å². The highest BCUT2D eigenvalue weighted by Gasteiger charge is 2.82. The average Bonchev–Trinajstić information content (AvgIpc) is 3.20. The number of fused-ring (bicyclic) bond motifs is 8. The summed E-state index contributed by atoms with van der Waals surface area (Å²) in [5, 5.41) is 0. The molecule has 0 spiro atoms. The monoisotopic (exact) mass is 412 g/mol. The van der Waals surface area contributed by atoms with Gasteiger partial charge in [0.05, 0.1) is 0 Å². The van der Waals surface area contributed by atoms with Crippen LogP contribution in [0.15, 0.2) is 109 Å². The minimum atomic E-state index is -0.615. The molecular formula is C30H20O2. The van der Waals surface area contributed by atoms with Crippen molar-refractivity contribution >= 4 is 11.6 Å². The number of carbonyl (C=O) groups excluding carboxylic acids is 2. The lowest BCUT2D eigenvalue weighted by molar-refractivity contribution is 0.00359. The first-order chi connectivity index (χ1) is 15.7. The molecule has 0 amide bonds. The van der Waals surface area contributed by atoms with Crippen molar-refractivity contribution in [2.45, 2.75) is 10.8 Å². The Hall–Kier alpha value is -3.78. The number of hydrogen-bond acceptors (Lipinski definition) is 2. The topological polar surface area (TPSA) is 34.1 Å². The average molecular weight is 412 g/mol. The molecule has 3 aliphatic carbocycles. The maximum Gasteiger partial charge on any atom is 0.168 e. The van der Waals surface area contributed by atoms with Gasteiger partial charge in [-0.2, -0.15) is 0 Å². The van der Waals surface area contributed by atoms with Gasteiger partial charge in [0.2, 0.25) is 0 Å². The van der Waals surface area contributed by atoms with Crippen molar-refractivity contribution in [1.29, 1.82) is 0 Å². The Labute approximate surface area is 186 Å². The van der Waals surface area contributed by atoms with Gasteiger partial charge in [-0.3, -0.25) is 9.59 Å². The lowest BCUT2D eigenvalue weighted by Crippen LogP contribution is -2.70. The summed E-state index contributed by atoms with van der Waals surface area (Å²) in [5.41, 5.74) is 4.59. The van der Waals surface area contributed by atoms with Gasteiger partial charge < -0.3 is 0 Å². The summed E-state index contributed by atoms with van der Waals surface area (Å²) < 4.78 is 0. The van der Waals surface area contributed by atoms with Crippen LogP contribution in [-0.4, -0.2) is 11.6 Å². The fraction of sp³-hybridized carbons (Fsp3) is 0.133. The minimum absolute atomic E-state index is 0.0992. The molecule has 2 nitrogen and oxygen atoms in total. The fourth-order valence-electron chi connectivity index (χ4n) is 7.30. The zero-order valence-electron chi connectivity index (χ0n) is 17.4. The van der Waals surface area contributed by atoms with Crippen molar-refractivity contribution in [3.63, 3.8) is 0 Å². The van der Waals surface area contributed by atoms with Crippen molar-refractivity contribution < 1.29 is 9.59 Å². The summed E-state index contributed by atoms with van der Waals surface area (Å²) in [6.45, 7) is 0. The molecule has 0 unspecified atom stereocenters. The molecule has 32 heavy (non-hydrogen) atoms. The van der Waals surface area contributed by atoms with Gasteiger partial charge in [-0.1, -0.05) is 109 Å². The molecule has 0 aromatic heterocycles. The molecule has 3 aliphatic rings. The van der Waals surface area contributed by atoms with Crippen LogP contribution >= 0.6 is 0 Å². The first-order valence-electron chi connectivity index (χ1n) is 11.1. The number of benzene rings is 4. The minimum Gasteiger partial charge on any atom is -0.294 e. The molecule has 0 heterocycles. The predicted molar refractivity (Wildman–Crippen MR) is 123 cm³/mol. The third-order valence-electron chi connectivity index (χ3n) is 8.15. The Kier molecular flexibility index (Phi) is 3.30. The lowest BCUT2D eigenvalue weighted by atomic mass is 9.34. The van der Waals surface area contributed by atoms with E-state index in [1.165, 1.54) is 0 Å². The molecule has 0 aliphatic heterocycles. The van der Waals surface area contributed by atoms with Gasteiger partial charge in [0.15, 0.2) is 11.6 Å². The van der Waals surface area contributed by atoms with E-state index in [4.69, 9.17) is 0 Å². The van der Waals surface area contributed by atoms with Crippen molar-refractivity contribution in [1.82, 2.24) is 0 Å². The third kappa shape index (κ3) is 1.69.